The van der Waals surface area contributed by atoms with Gasteiger partial charge in [-0.05, 0) is 25.5 Å². The number of nitrogens with zero attached hydrogens (tertiary/aromatic N) is 3. The number of urea groups is 1. The monoisotopic (exact) mass is 259 g/mol. The highest BCUT2D eigenvalue weighted by atomic mass is 16.2. The summed E-state index contributed by atoms with van der Waals surface area (Å²) in [5.74, 6) is 0.664. The van der Waals surface area contributed by atoms with E-state index >= 15 is 0 Å². The molecule has 0 saturated carbocycles. The van der Waals surface area contributed by atoms with Crippen LogP contribution in [-0.4, -0.2) is 20.8 Å². The van der Waals surface area contributed by atoms with E-state index in [-0.39, 0.29) is 6.03 Å². The molecule has 0 aromatic carbocycles. The lowest BCUT2D eigenvalue weighted by molar-refractivity contribution is 0.251. The van der Waals surface area contributed by atoms with Gasteiger partial charge in [-0.3, -0.25) is 15.0 Å². The molecule has 6 nitrogen and oxygen atoms in total. The summed E-state index contributed by atoms with van der Waals surface area (Å²) in [6, 6.07) is 5.41. The van der Waals surface area contributed by atoms with Gasteiger partial charge in [0.15, 0.2) is 0 Å². The molecule has 0 bridgehead atoms. The largest absolute Gasteiger partial charge is 0.334 e. The Morgan fingerprint density at radius 3 is 2.68 bits per heavy atom. The summed E-state index contributed by atoms with van der Waals surface area (Å²) in [6.07, 6.45) is 1.75. The van der Waals surface area contributed by atoms with Crippen molar-refractivity contribution in [2.75, 3.05) is 5.32 Å². The first-order chi connectivity index (χ1) is 9.04. The second-order valence-corrected chi connectivity index (χ2v) is 4.41. The van der Waals surface area contributed by atoms with Gasteiger partial charge < -0.3 is 5.32 Å². The second-order valence-electron chi connectivity index (χ2n) is 4.41. The van der Waals surface area contributed by atoms with Gasteiger partial charge in [0.2, 0.25) is 0 Å². The molecular formula is C13H17N5O. The first kappa shape index (κ1) is 13.1. The van der Waals surface area contributed by atoms with E-state index in [1.54, 1.807) is 17.9 Å². The van der Waals surface area contributed by atoms with Crippen LogP contribution in [0.15, 0.2) is 24.4 Å². The molecule has 2 heterocycles. The first-order valence-electron chi connectivity index (χ1n) is 6.01. The summed E-state index contributed by atoms with van der Waals surface area (Å²) in [7, 11) is 1.78. The first-order valence-corrected chi connectivity index (χ1v) is 6.01. The fourth-order valence-corrected chi connectivity index (χ4v) is 1.67. The van der Waals surface area contributed by atoms with E-state index in [9.17, 15) is 4.79 Å². The van der Waals surface area contributed by atoms with Gasteiger partial charge in [-0.25, -0.2) is 4.79 Å². The molecule has 0 radical (unpaired) electrons. The zero-order valence-electron chi connectivity index (χ0n) is 11.3. The van der Waals surface area contributed by atoms with E-state index in [1.807, 2.05) is 32.0 Å². The molecule has 0 unspecified atom stereocenters. The van der Waals surface area contributed by atoms with Crippen LogP contribution in [0.2, 0.25) is 0 Å². The van der Waals surface area contributed by atoms with Gasteiger partial charge in [0.05, 0.1) is 5.69 Å². The Morgan fingerprint density at radius 2 is 2.11 bits per heavy atom. The summed E-state index contributed by atoms with van der Waals surface area (Å²) in [6.45, 7) is 4.24. The van der Waals surface area contributed by atoms with Gasteiger partial charge in [0, 0.05) is 31.5 Å². The third-order valence-electron chi connectivity index (χ3n) is 2.67. The number of carbonyl (C=O) groups excluding carboxylic acids is 1. The summed E-state index contributed by atoms with van der Waals surface area (Å²) >= 11 is 0. The number of hydrogen-bond acceptors (Lipinski definition) is 3. The number of nitrogens with one attached hydrogen (secondary N) is 2. The molecule has 6 heteroatoms. The highest BCUT2D eigenvalue weighted by molar-refractivity contribution is 5.88. The number of amides is 2. The van der Waals surface area contributed by atoms with Crippen LogP contribution in [0.4, 0.5) is 10.6 Å². The maximum Gasteiger partial charge on any atom is 0.320 e. The number of rotatable bonds is 3. The summed E-state index contributed by atoms with van der Waals surface area (Å²) in [5, 5.41) is 9.67. The molecule has 2 aromatic heterocycles. The Labute approximate surface area is 111 Å². The fourth-order valence-electron chi connectivity index (χ4n) is 1.67. The van der Waals surface area contributed by atoms with Crippen molar-refractivity contribution in [1.82, 2.24) is 20.1 Å². The minimum Gasteiger partial charge on any atom is -0.334 e. The molecule has 0 atom stereocenters. The molecule has 0 spiro atoms. The third kappa shape index (κ3) is 3.54. The van der Waals surface area contributed by atoms with E-state index < -0.39 is 0 Å². The molecule has 0 aliphatic rings. The van der Waals surface area contributed by atoms with Crippen LogP contribution in [-0.2, 0) is 13.6 Å². The minimum absolute atomic E-state index is 0.261. The number of carbonyl (C=O) groups is 1. The third-order valence-corrected chi connectivity index (χ3v) is 2.67. The van der Waals surface area contributed by atoms with Gasteiger partial charge in [-0.1, -0.05) is 6.07 Å². The quantitative estimate of drug-likeness (QED) is 0.882. The predicted octanol–water partition coefficient (Wildman–Crippen LogP) is 1.75. The molecule has 2 aromatic rings. The fraction of sp³-hybridized carbons (Fsp3) is 0.308. The molecule has 19 heavy (non-hydrogen) atoms. The van der Waals surface area contributed by atoms with Crippen LogP contribution < -0.4 is 10.6 Å². The second kappa shape index (κ2) is 5.51. The Balaban J connectivity index is 1.88. The standard InChI is InChI=1S/C13H17N5O/c1-9-4-5-11(7-14-9)8-15-13(19)16-12-6-10(2)17-18(12)3/h4-7H,8H2,1-3H3,(H2,15,16,19). The number of hydrogen-bond donors (Lipinski definition) is 2. The number of pyridine rings is 1. The Hall–Kier alpha value is -2.37. The Bertz CT molecular complexity index is 573. The van der Waals surface area contributed by atoms with E-state index in [2.05, 4.69) is 20.7 Å². The van der Waals surface area contributed by atoms with Gasteiger partial charge in [-0.2, -0.15) is 5.10 Å². The summed E-state index contributed by atoms with van der Waals surface area (Å²) in [5.41, 5.74) is 2.78. The average molecular weight is 259 g/mol. The van der Waals surface area contributed by atoms with Crippen LogP contribution in [0.25, 0.3) is 0 Å². The molecule has 0 aliphatic heterocycles. The van der Waals surface area contributed by atoms with Crippen molar-refractivity contribution < 1.29 is 4.79 Å². The zero-order valence-corrected chi connectivity index (χ0v) is 11.3. The highest BCUT2D eigenvalue weighted by Crippen LogP contribution is 2.07. The summed E-state index contributed by atoms with van der Waals surface area (Å²) in [4.78, 5) is 15.9. The van der Waals surface area contributed by atoms with Crippen molar-refractivity contribution in [3.05, 3.63) is 41.3 Å². The molecule has 2 amide bonds. The maximum atomic E-state index is 11.7. The van der Waals surface area contributed by atoms with Gasteiger partial charge in [0.25, 0.3) is 0 Å². The van der Waals surface area contributed by atoms with Gasteiger partial charge in [0.1, 0.15) is 5.82 Å². The van der Waals surface area contributed by atoms with Crippen molar-refractivity contribution in [2.24, 2.45) is 7.05 Å². The molecule has 2 N–H and O–H groups in total. The molecule has 0 aliphatic carbocycles. The van der Waals surface area contributed by atoms with Crippen LogP contribution in [0.5, 0.6) is 0 Å². The predicted molar refractivity (Wildman–Crippen MR) is 72.8 cm³/mol. The van der Waals surface area contributed by atoms with Crippen molar-refractivity contribution >= 4 is 11.8 Å². The number of anilines is 1. The minimum atomic E-state index is -0.261. The lowest BCUT2D eigenvalue weighted by Gasteiger charge is -2.07. The lowest BCUT2D eigenvalue weighted by Crippen LogP contribution is -2.29. The van der Waals surface area contributed by atoms with E-state index in [0.717, 1.165) is 17.0 Å². The molecule has 0 fully saturated rings. The Kier molecular flexibility index (Phi) is 3.79. The van der Waals surface area contributed by atoms with Crippen molar-refractivity contribution in [1.29, 1.82) is 0 Å². The molecular weight excluding hydrogens is 242 g/mol. The average Bonchev–Trinajstić information content (AvgIpc) is 2.67. The van der Waals surface area contributed by atoms with E-state index in [0.29, 0.717) is 12.4 Å². The number of aryl methyl sites for hydroxylation is 3. The number of aromatic nitrogens is 3. The van der Waals surface area contributed by atoms with E-state index in [4.69, 9.17) is 0 Å². The SMILES string of the molecule is Cc1ccc(CNC(=O)Nc2cc(C)nn2C)cn1. The van der Waals surface area contributed by atoms with E-state index in [1.165, 1.54) is 0 Å². The summed E-state index contributed by atoms with van der Waals surface area (Å²) < 4.78 is 1.63. The van der Waals surface area contributed by atoms with Gasteiger partial charge >= 0.3 is 6.03 Å². The van der Waals surface area contributed by atoms with Crippen LogP contribution in [0, 0.1) is 13.8 Å². The van der Waals surface area contributed by atoms with Crippen LogP contribution in [0.1, 0.15) is 17.0 Å². The smallest absolute Gasteiger partial charge is 0.320 e. The van der Waals surface area contributed by atoms with Crippen LogP contribution >= 0.6 is 0 Å². The molecule has 100 valence electrons. The molecule has 0 saturated heterocycles. The zero-order chi connectivity index (χ0) is 13.8. The lowest BCUT2D eigenvalue weighted by atomic mass is 10.2. The Morgan fingerprint density at radius 1 is 1.32 bits per heavy atom. The highest BCUT2D eigenvalue weighted by Gasteiger charge is 2.06. The van der Waals surface area contributed by atoms with Crippen LogP contribution in [0.3, 0.4) is 0 Å². The van der Waals surface area contributed by atoms with Crippen molar-refractivity contribution in [3.8, 4) is 0 Å². The van der Waals surface area contributed by atoms with Gasteiger partial charge in [-0.15, -0.1) is 0 Å². The maximum absolute atomic E-state index is 11.7. The normalized spacial score (nSPS) is 10.3. The topological polar surface area (TPSA) is 71.8 Å². The van der Waals surface area contributed by atoms with Crippen molar-refractivity contribution in [2.45, 2.75) is 20.4 Å². The molecule has 2 rings (SSSR count). The van der Waals surface area contributed by atoms with Crippen molar-refractivity contribution in [3.63, 3.8) is 0 Å².